The van der Waals surface area contributed by atoms with Crippen molar-refractivity contribution in [1.29, 1.82) is 0 Å². The molecule has 0 saturated heterocycles. The summed E-state index contributed by atoms with van der Waals surface area (Å²) in [6, 6.07) is 17.0. The number of aromatic nitrogens is 1. The summed E-state index contributed by atoms with van der Waals surface area (Å²) in [5, 5.41) is 1.46. The van der Waals surface area contributed by atoms with Crippen LogP contribution in [0.4, 0.5) is 0 Å². The molecule has 4 heteroatoms. The Kier molecular flexibility index (Phi) is 5.23. The van der Waals surface area contributed by atoms with E-state index in [0.717, 1.165) is 30.2 Å². The molecule has 1 aliphatic rings. The quantitative estimate of drug-likeness (QED) is 0.524. The van der Waals surface area contributed by atoms with E-state index in [1.165, 1.54) is 27.8 Å². The molecule has 0 fully saturated rings. The van der Waals surface area contributed by atoms with Crippen molar-refractivity contribution in [3.63, 3.8) is 0 Å². The van der Waals surface area contributed by atoms with Gasteiger partial charge in [0.1, 0.15) is 0 Å². The van der Waals surface area contributed by atoms with Gasteiger partial charge in [-0.15, -0.1) is 0 Å². The lowest BCUT2D eigenvalue weighted by molar-refractivity contribution is 0.295. The van der Waals surface area contributed by atoms with Crippen LogP contribution in [0.3, 0.4) is 0 Å². The van der Waals surface area contributed by atoms with E-state index in [4.69, 9.17) is 23.2 Å². The van der Waals surface area contributed by atoms with E-state index in [1.54, 1.807) is 0 Å². The lowest BCUT2D eigenvalue weighted by Gasteiger charge is -2.33. The van der Waals surface area contributed by atoms with Gasteiger partial charge in [0.15, 0.2) is 0 Å². The summed E-state index contributed by atoms with van der Waals surface area (Å²) in [5.74, 6) is 0.252. The zero-order valence-electron chi connectivity index (χ0n) is 15.5. The first-order valence-electron chi connectivity index (χ1n) is 9.26. The Balaban J connectivity index is 1.79. The van der Waals surface area contributed by atoms with Crippen molar-refractivity contribution in [3.8, 4) is 11.1 Å². The van der Waals surface area contributed by atoms with Crippen molar-refractivity contribution >= 4 is 23.2 Å². The number of halogens is 2. The Bertz CT molecular complexity index is 984. The molecular weight excluding hydrogens is 375 g/mol. The van der Waals surface area contributed by atoms with E-state index in [1.807, 2.05) is 12.3 Å². The van der Waals surface area contributed by atoms with Gasteiger partial charge < -0.3 is 4.90 Å². The lowest BCUT2D eigenvalue weighted by atomic mass is 9.84. The second kappa shape index (κ2) is 7.63. The molecule has 0 radical (unpaired) electrons. The first-order chi connectivity index (χ1) is 13.0. The molecule has 2 nitrogen and oxygen atoms in total. The van der Waals surface area contributed by atoms with Crippen LogP contribution >= 0.6 is 23.2 Å². The highest BCUT2D eigenvalue weighted by Crippen LogP contribution is 2.39. The molecule has 0 amide bonds. The monoisotopic (exact) mass is 396 g/mol. The number of benzene rings is 2. The molecule has 0 N–H and O–H groups in total. The Morgan fingerprint density at radius 3 is 2.70 bits per heavy atom. The Morgan fingerprint density at radius 2 is 1.89 bits per heavy atom. The van der Waals surface area contributed by atoms with Crippen LogP contribution in [0.15, 0.2) is 54.7 Å². The van der Waals surface area contributed by atoms with Gasteiger partial charge in [0, 0.05) is 40.9 Å². The third-order valence-electron chi connectivity index (χ3n) is 5.29. The topological polar surface area (TPSA) is 16.1 Å². The first kappa shape index (κ1) is 18.5. The van der Waals surface area contributed by atoms with Crippen LogP contribution in [0.2, 0.25) is 10.0 Å². The minimum absolute atomic E-state index is 0.252. The number of aryl methyl sites for hydroxylation is 1. The number of likely N-dealkylation sites (N-methyl/N-ethyl adjacent to an activating group) is 1. The van der Waals surface area contributed by atoms with Crippen LogP contribution in [-0.2, 0) is 13.0 Å². The number of nitrogens with zero attached hydrogens (tertiary/aromatic N) is 2. The highest BCUT2D eigenvalue weighted by atomic mass is 35.5. The average Bonchev–Trinajstić information content (AvgIpc) is 2.68. The third-order valence-corrected chi connectivity index (χ3v) is 5.85. The van der Waals surface area contributed by atoms with Crippen molar-refractivity contribution in [2.75, 3.05) is 13.6 Å². The number of fused-ring (bicyclic) bond motifs is 1. The van der Waals surface area contributed by atoms with Crippen LogP contribution in [0, 0.1) is 0 Å². The molecule has 4 rings (SSSR count). The van der Waals surface area contributed by atoms with E-state index < -0.39 is 0 Å². The van der Waals surface area contributed by atoms with Gasteiger partial charge in [-0.25, -0.2) is 0 Å². The zero-order valence-corrected chi connectivity index (χ0v) is 17.1. The average molecular weight is 397 g/mol. The van der Waals surface area contributed by atoms with Gasteiger partial charge in [0.2, 0.25) is 0 Å². The summed E-state index contributed by atoms with van der Waals surface area (Å²) >= 11 is 12.8. The number of hydrogen-bond acceptors (Lipinski definition) is 2. The van der Waals surface area contributed by atoms with Crippen molar-refractivity contribution in [2.24, 2.45) is 0 Å². The summed E-state index contributed by atoms with van der Waals surface area (Å²) < 4.78 is 0. The molecule has 0 bridgehead atoms. The molecule has 27 heavy (non-hydrogen) atoms. The zero-order chi connectivity index (χ0) is 19.0. The van der Waals surface area contributed by atoms with E-state index in [-0.39, 0.29) is 5.92 Å². The molecule has 0 aliphatic carbocycles. The number of pyridine rings is 1. The van der Waals surface area contributed by atoms with Crippen LogP contribution < -0.4 is 0 Å². The van der Waals surface area contributed by atoms with E-state index >= 15 is 0 Å². The molecule has 0 saturated carbocycles. The second-order valence-corrected chi connectivity index (χ2v) is 8.06. The largest absolute Gasteiger partial charge is 0.301 e. The van der Waals surface area contributed by atoms with Crippen LogP contribution in [-0.4, -0.2) is 23.5 Å². The highest BCUT2D eigenvalue weighted by molar-refractivity contribution is 6.35. The fourth-order valence-electron chi connectivity index (χ4n) is 3.92. The van der Waals surface area contributed by atoms with Gasteiger partial charge in [-0.3, -0.25) is 4.98 Å². The fourth-order valence-corrected chi connectivity index (χ4v) is 4.49. The van der Waals surface area contributed by atoms with Gasteiger partial charge >= 0.3 is 0 Å². The molecule has 0 unspecified atom stereocenters. The van der Waals surface area contributed by atoms with E-state index in [0.29, 0.717) is 5.02 Å². The summed E-state index contributed by atoms with van der Waals surface area (Å²) in [7, 11) is 2.14. The van der Waals surface area contributed by atoms with Crippen molar-refractivity contribution in [2.45, 2.75) is 25.8 Å². The normalized spacial score (nSPS) is 17.0. The van der Waals surface area contributed by atoms with Gasteiger partial charge in [0.05, 0.1) is 0 Å². The van der Waals surface area contributed by atoms with Crippen molar-refractivity contribution < 1.29 is 0 Å². The summed E-state index contributed by atoms with van der Waals surface area (Å²) in [6.45, 7) is 3.93. The SMILES string of the molecule is CCc1cc(-c2cccc([C@@H]3CN(C)Cc4c(Cl)cc(Cl)cc43)c2)ccn1. The van der Waals surface area contributed by atoms with Crippen LogP contribution in [0.25, 0.3) is 11.1 Å². The van der Waals surface area contributed by atoms with Gasteiger partial charge in [-0.2, -0.15) is 0 Å². The van der Waals surface area contributed by atoms with E-state index in [9.17, 15) is 0 Å². The molecule has 1 atom stereocenters. The molecule has 3 aromatic rings. The summed E-state index contributed by atoms with van der Waals surface area (Å²) in [4.78, 5) is 6.74. The van der Waals surface area contributed by atoms with Gasteiger partial charge in [0.25, 0.3) is 0 Å². The fraction of sp³-hybridized carbons (Fsp3) is 0.261. The van der Waals surface area contributed by atoms with E-state index in [2.05, 4.69) is 66.3 Å². The smallest absolute Gasteiger partial charge is 0.0468 e. The maximum Gasteiger partial charge on any atom is 0.0468 e. The van der Waals surface area contributed by atoms with Gasteiger partial charge in [-0.05, 0) is 65.6 Å². The standard InChI is InChI=1S/C23H22Cl2N2/c1-3-19-10-16(7-8-26-19)15-5-4-6-17(9-15)21-13-27(2)14-22-20(21)11-18(24)12-23(22)25/h4-12,21H,3,13-14H2,1-2H3/t21-/m0/s1. The molecule has 2 aromatic carbocycles. The van der Waals surface area contributed by atoms with Crippen LogP contribution in [0.5, 0.6) is 0 Å². The Labute approximate surface area is 170 Å². The third kappa shape index (κ3) is 3.75. The summed E-state index contributed by atoms with van der Waals surface area (Å²) in [5.41, 5.74) is 7.24. The molecule has 1 aromatic heterocycles. The molecule has 2 heterocycles. The Hall–Kier alpha value is -1.87. The number of hydrogen-bond donors (Lipinski definition) is 0. The van der Waals surface area contributed by atoms with Crippen molar-refractivity contribution in [1.82, 2.24) is 9.88 Å². The summed E-state index contributed by atoms with van der Waals surface area (Å²) in [6.07, 6.45) is 2.83. The Morgan fingerprint density at radius 1 is 1.07 bits per heavy atom. The lowest BCUT2D eigenvalue weighted by Crippen LogP contribution is -2.31. The first-order valence-corrected chi connectivity index (χ1v) is 10.0. The predicted octanol–water partition coefficient (Wildman–Crippen LogP) is 6.20. The maximum absolute atomic E-state index is 6.51. The minimum Gasteiger partial charge on any atom is -0.301 e. The molecule has 138 valence electrons. The van der Waals surface area contributed by atoms with Crippen molar-refractivity contribution in [3.05, 3.63) is 87.2 Å². The molecule has 1 aliphatic heterocycles. The molecular formula is C23H22Cl2N2. The molecule has 0 spiro atoms. The number of rotatable bonds is 3. The highest BCUT2D eigenvalue weighted by Gasteiger charge is 2.27. The maximum atomic E-state index is 6.51. The van der Waals surface area contributed by atoms with Gasteiger partial charge in [-0.1, -0.05) is 54.4 Å². The predicted molar refractivity (Wildman–Crippen MR) is 114 cm³/mol. The minimum atomic E-state index is 0.252. The van der Waals surface area contributed by atoms with Crippen LogP contribution in [0.1, 0.15) is 35.2 Å². The second-order valence-electron chi connectivity index (χ2n) is 7.22.